The Kier molecular flexibility index (Phi) is 17.4. The van der Waals surface area contributed by atoms with Crippen molar-refractivity contribution in [3.63, 3.8) is 0 Å². The molecule has 0 saturated heterocycles. The van der Waals surface area contributed by atoms with Gasteiger partial charge in [0.05, 0.1) is 0 Å². The lowest BCUT2D eigenvalue weighted by Crippen LogP contribution is -2.29. The number of para-hydroxylation sites is 4. The number of benzene rings is 20. The van der Waals surface area contributed by atoms with E-state index in [1.54, 1.807) is 0 Å². The van der Waals surface area contributed by atoms with Crippen LogP contribution in [0.4, 0.5) is 0 Å². The third-order valence-electron chi connectivity index (χ3n) is 24.0. The highest BCUT2D eigenvalue weighted by Crippen LogP contribution is 2.44. The highest BCUT2D eigenvalue weighted by Gasteiger charge is 2.26. The van der Waals surface area contributed by atoms with Crippen LogP contribution in [0.1, 0.15) is 66.8 Å². The molecular weight excluding hydrogens is 1430 g/mol. The largest absolute Gasteiger partial charge is 0.483 e. The van der Waals surface area contributed by atoms with Crippen molar-refractivity contribution in [3.8, 4) is 23.0 Å². The summed E-state index contributed by atoms with van der Waals surface area (Å²) >= 11 is 0. The molecule has 0 atom stereocenters. The van der Waals surface area contributed by atoms with Crippen LogP contribution >= 0.6 is 0 Å². The highest BCUT2D eigenvalue weighted by molar-refractivity contribution is 6.27. The van der Waals surface area contributed by atoms with E-state index in [1.807, 2.05) is 72.8 Å². The minimum Gasteiger partial charge on any atom is -0.483 e. The molecule has 0 fully saturated rings. The maximum absolute atomic E-state index is 14.6. The van der Waals surface area contributed by atoms with Gasteiger partial charge in [-0.05, 0) is 196 Å². The van der Waals surface area contributed by atoms with E-state index in [0.29, 0.717) is 23.0 Å². The molecule has 20 aromatic carbocycles. The fourth-order valence-electron chi connectivity index (χ4n) is 18.6. The van der Waals surface area contributed by atoms with E-state index < -0.39 is 0 Å². The maximum Gasteiger partial charge on any atom is 0.258 e. The summed E-state index contributed by atoms with van der Waals surface area (Å²) in [6, 6.07) is 101. The molecule has 0 spiro atoms. The third kappa shape index (κ3) is 12.6. The van der Waals surface area contributed by atoms with Gasteiger partial charge in [0.1, 0.15) is 23.0 Å². The van der Waals surface area contributed by atoms with E-state index in [1.165, 1.54) is 86.2 Å². The SMILES string of the molecule is O=C(COc1c2cccc1Cc1cccc(c1OCC(=O)NCc1ccc3ccc4cccc5ccc1c3c45)Cc1cccc(c1OCC(=O)NCc1ccc3ccc4cccc5ccc1c3c45)Cc1cccc(c1OCC(=O)NCc1ccc3ccc4cccc5ccc1c3c45)C2)NCc1ccc2ccc3cccc4ccc1c2c34. The molecular formula is C104H76N4O8. The van der Waals surface area contributed by atoms with E-state index in [0.717, 1.165) is 110 Å². The number of ether oxygens (including phenoxy) is 4. The standard InChI is InChI=1S/C104H76N4O8/c109-89(105-53-81-37-33-69-29-25-61-9-1-13-65-41-45-85(81)97(69)93(61)65)57-113-101-73-17-5-18-74(101)50-76-20-7-22-78(103(76)115-59-91(111)107-55-83-39-35-71-31-27-63-11-3-15-67-43-47-87(83)99(71)95(63)67)52-80-24-8-23-79(104(80)116-60-92(112)108-56-84-40-36-72-32-28-64-12-4-16-68-44-48-88(84)100(72)96(64)68)51-77-21-6-19-75(49-73)102(77)114-58-90(110)106-54-82-38-34-70-30-26-62-10-2-14-66-42-46-86(82)98(70)94(62)66/h1-48H,49-60H2,(H,105,109)(H,106,110)(H,107,111)(H,108,112). The first-order valence-corrected chi connectivity index (χ1v) is 39.7. The Bertz CT molecular complexity index is 6340. The van der Waals surface area contributed by atoms with Crippen LogP contribution in [0.25, 0.3) is 129 Å². The van der Waals surface area contributed by atoms with E-state index in [4.69, 9.17) is 18.9 Å². The van der Waals surface area contributed by atoms with Gasteiger partial charge in [-0.25, -0.2) is 0 Å². The number of carbonyl (C=O) groups excluding carboxylic acids is 4. The number of fused-ring (bicyclic) bond motifs is 8. The van der Waals surface area contributed by atoms with Crippen molar-refractivity contribution >= 4 is 153 Å². The van der Waals surface area contributed by atoms with Crippen LogP contribution in [0.15, 0.2) is 291 Å². The van der Waals surface area contributed by atoms with E-state index in [9.17, 15) is 19.2 Å². The van der Waals surface area contributed by atoms with E-state index >= 15 is 0 Å². The fraction of sp³-hybridized carbons (Fsp3) is 0.115. The van der Waals surface area contributed by atoms with Gasteiger partial charge in [-0.1, -0.05) is 291 Å². The molecule has 0 unspecified atom stereocenters. The molecule has 0 radical (unpaired) electrons. The summed E-state index contributed by atoms with van der Waals surface area (Å²) in [6.45, 7) is -0.143. The lowest BCUT2D eigenvalue weighted by molar-refractivity contribution is -0.124. The van der Waals surface area contributed by atoms with Gasteiger partial charge in [-0.3, -0.25) is 19.2 Å². The fourth-order valence-corrected chi connectivity index (χ4v) is 18.6. The highest BCUT2D eigenvalue weighted by atomic mass is 16.5. The van der Waals surface area contributed by atoms with Crippen LogP contribution in [0.5, 0.6) is 23.0 Å². The summed E-state index contributed by atoms with van der Waals surface area (Å²) in [5.74, 6) is 0.770. The number of amides is 4. The number of nitrogens with one attached hydrogen (secondary N) is 4. The molecule has 0 aromatic heterocycles. The second-order valence-corrected chi connectivity index (χ2v) is 30.9. The quantitative estimate of drug-likeness (QED) is 0.0550. The van der Waals surface area contributed by atoms with Crippen LogP contribution < -0.4 is 40.2 Å². The summed E-state index contributed by atoms with van der Waals surface area (Å²) < 4.78 is 27.8. The van der Waals surface area contributed by atoms with Crippen LogP contribution in [0, 0.1) is 0 Å². The smallest absolute Gasteiger partial charge is 0.258 e. The molecule has 12 heteroatoms. The Morgan fingerprint density at radius 2 is 0.362 bits per heavy atom. The zero-order valence-electron chi connectivity index (χ0n) is 63.5. The zero-order chi connectivity index (χ0) is 77.5. The lowest BCUT2D eigenvalue weighted by atomic mass is 9.91. The molecule has 560 valence electrons. The van der Waals surface area contributed by atoms with Crippen LogP contribution in [-0.4, -0.2) is 50.1 Å². The summed E-state index contributed by atoms with van der Waals surface area (Å²) in [5.41, 5.74) is 10.1. The Hall–Kier alpha value is -14.4. The molecule has 20 aromatic rings. The van der Waals surface area contributed by atoms with E-state index in [-0.39, 0.29) is 102 Å². The molecule has 1 aliphatic carbocycles. The normalized spacial score (nSPS) is 12.4. The first kappa shape index (κ1) is 69.6. The zero-order valence-corrected chi connectivity index (χ0v) is 63.5. The molecule has 0 saturated carbocycles. The Morgan fingerprint density at radius 1 is 0.198 bits per heavy atom. The van der Waals surface area contributed by atoms with Crippen molar-refractivity contribution in [2.75, 3.05) is 26.4 Å². The molecule has 4 amide bonds. The van der Waals surface area contributed by atoms with Crippen LogP contribution in [0.2, 0.25) is 0 Å². The van der Waals surface area contributed by atoms with Crippen molar-refractivity contribution in [1.82, 2.24) is 21.3 Å². The third-order valence-corrected chi connectivity index (χ3v) is 24.0. The molecule has 12 nitrogen and oxygen atoms in total. The predicted molar refractivity (Wildman–Crippen MR) is 467 cm³/mol. The number of carbonyl (C=O) groups is 4. The molecule has 0 heterocycles. The van der Waals surface area contributed by atoms with Crippen LogP contribution in [-0.2, 0) is 71.0 Å². The predicted octanol–water partition coefficient (Wildman–Crippen LogP) is 20.7. The molecule has 4 N–H and O–H groups in total. The van der Waals surface area contributed by atoms with Crippen molar-refractivity contribution in [1.29, 1.82) is 0 Å². The maximum atomic E-state index is 14.6. The van der Waals surface area contributed by atoms with Gasteiger partial charge in [-0.2, -0.15) is 0 Å². The summed E-state index contributed by atoms with van der Waals surface area (Å²) in [7, 11) is 0. The molecule has 0 aliphatic heterocycles. The van der Waals surface area contributed by atoms with Gasteiger partial charge >= 0.3 is 0 Å². The van der Waals surface area contributed by atoms with Gasteiger partial charge < -0.3 is 40.2 Å². The monoisotopic (exact) mass is 1510 g/mol. The van der Waals surface area contributed by atoms with Crippen molar-refractivity contribution < 1.29 is 38.1 Å². The van der Waals surface area contributed by atoms with Crippen molar-refractivity contribution in [3.05, 3.63) is 358 Å². The molecule has 116 heavy (non-hydrogen) atoms. The van der Waals surface area contributed by atoms with Crippen molar-refractivity contribution in [2.45, 2.75) is 51.9 Å². The Labute approximate surface area is 667 Å². The molecule has 21 rings (SSSR count). The van der Waals surface area contributed by atoms with Crippen LogP contribution in [0.3, 0.4) is 0 Å². The van der Waals surface area contributed by atoms with Gasteiger partial charge in [0.25, 0.3) is 23.6 Å². The average Bonchev–Trinajstić information content (AvgIpc) is 0.752. The Balaban J connectivity index is 0.623. The Morgan fingerprint density at radius 3 is 0.560 bits per heavy atom. The summed E-state index contributed by atoms with van der Waals surface area (Å²) in [4.78, 5) is 58.3. The number of rotatable bonds is 20. The van der Waals surface area contributed by atoms with Crippen molar-refractivity contribution in [2.24, 2.45) is 0 Å². The van der Waals surface area contributed by atoms with Gasteiger partial charge in [0, 0.05) is 51.9 Å². The van der Waals surface area contributed by atoms with Gasteiger partial charge in [-0.15, -0.1) is 0 Å². The summed E-state index contributed by atoms with van der Waals surface area (Å²) in [6.07, 6.45) is 1.03. The minimum atomic E-state index is -0.309. The first-order chi connectivity index (χ1) is 57.1. The second kappa shape index (κ2) is 29.0. The summed E-state index contributed by atoms with van der Waals surface area (Å²) in [5, 5.41) is 40.5. The topological polar surface area (TPSA) is 153 Å². The van der Waals surface area contributed by atoms with E-state index in [2.05, 4.69) is 240 Å². The number of hydrogen-bond donors (Lipinski definition) is 4. The number of hydrogen-bond acceptors (Lipinski definition) is 8. The minimum absolute atomic E-state index is 0.256. The average molecular weight is 1510 g/mol. The molecule has 1 aliphatic rings. The molecule has 8 bridgehead atoms. The first-order valence-electron chi connectivity index (χ1n) is 39.7. The second-order valence-electron chi connectivity index (χ2n) is 30.9. The lowest BCUT2D eigenvalue weighted by Gasteiger charge is -2.23. The van der Waals surface area contributed by atoms with Gasteiger partial charge in [0.2, 0.25) is 0 Å². The van der Waals surface area contributed by atoms with Gasteiger partial charge in [0.15, 0.2) is 26.4 Å².